The Morgan fingerprint density at radius 2 is 1.72 bits per heavy atom. The van der Waals surface area contributed by atoms with Crippen LogP contribution in [0.25, 0.3) is 0 Å². The first kappa shape index (κ1) is 13.3. The van der Waals surface area contributed by atoms with Crippen LogP contribution in [0.4, 0.5) is 0 Å². The molecule has 2 aliphatic rings. The summed E-state index contributed by atoms with van der Waals surface area (Å²) in [5.74, 6) is 1.01. The van der Waals surface area contributed by atoms with E-state index in [1.807, 2.05) is 4.90 Å². The number of carbonyl (C=O) groups is 2. The number of nitrogens with zero attached hydrogens (tertiary/aromatic N) is 3. The van der Waals surface area contributed by atoms with Crippen LogP contribution in [0.15, 0.2) is 0 Å². The monoisotopic (exact) mass is 253 g/mol. The number of piperidine rings is 1. The van der Waals surface area contributed by atoms with Gasteiger partial charge in [-0.3, -0.25) is 14.5 Å². The maximum Gasteiger partial charge on any atom is 0.236 e. The molecule has 0 bridgehead atoms. The summed E-state index contributed by atoms with van der Waals surface area (Å²) in [5, 5.41) is 0. The molecule has 0 atom stereocenters. The molecule has 2 fully saturated rings. The lowest BCUT2D eigenvalue weighted by Gasteiger charge is -2.35. The van der Waals surface area contributed by atoms with Crippen LogP contribution in [0.3, 0.4) is 0 Å². The van der Waals surface area contributed by atoms with Crippen molar-refractivity contribution in [1.82, 2.24) is 14.7 Å². The predicted octanol–water partition coefficient (Wildman–Crippen LogP) is 0.0189. The highest BCUT2D eigenvalue weighted by molar-refractivity contribution is 5.78. The lowest BCUT2D eigenvalue weighted by atomic mass is 9.99. The van der Waals surface area contributed by atoms with E-state index in [0.29, 0.717) is 6.54 Å². The van der Waals surface area contributed by atoms with Crippen LogP contribution in [0, 0.1) is 5.92 Å². The molecule has 2 amide bonds. The molecule has 102 valence electrons. The molecule has 5 nitrogen and oxygen atoms in total. The van der Waals surface area contributed by atoms with Crippen molar-refractivity contribution in [2.75, 3.05) is 45.8 Å². The van der Waals surface area contributed by atoms with Crippen LogP contribution >= 0.6 is 0 Å². The second-order valence-electron chi connectivity index (χ2n) is 5.48. The minimum Gasteiger partial charge on any atom is -0.343 e. The molecule has 0 N–H and O–H groups in total. The molecule has 0 spiro atoms. The number of amides is 2. The molecule has 0 aromatic rings. The van der Waals surface area contributed by atoms with Crippen LogP contribution in [0.1, 0.15) is 19.8 Å². The lowest BCUT2D eigenvalue weighted by molar-refractivity contribution is -0.134. The number of rotatable bonds is 3. The summed E-state index contributed by atoms with van der Waals surface area (Å²) in [6.07, 6.45) is 3.15. The first-order valence-electron chi connectivity index (χ1n) is 6.88. The largest absolute Gasteiger partial charge is 0.343 e. The topological polar surface area (TPSA) is 43.9 Å². The van der Waals surface area contributed by atoms with Crippen LogP contribution in [-0.2, 0) is 9.59 Å². The summed E-state index contributed by atoms with van der Waals surface area (Å²) in [6.45, 7) is 7.70. The van der Waals surface area contributed by atoms with E-state index in [4.69, 9.17) is 0 Å². The van der Waals surface area contributed by atoms with Gasteiger partial charge in [-0.15, -0.1) is 0 Å². The molecule has 2 aliphatic heterocycles. The second kappa shape index (κ2) is 6.18. The normalized spacial score (nSPS) is 23.2. The van der Waals surface area contributed by atoms with E-state index in [1.54, 1.807) is 4.90 Å². The van der Waals surface area contributed by atoms with E-state index in [9.17, 15) is 9.59 Å². The Bertz CT molecular complexity index is 293. The number of likely N-dealkylation sites (tertiary alicyclic amines) is 1. The van der Waals surface area contributed by atoms with Gasteiger partial charge in [-0.2, -0.15) is 0 Å². The Hall–Kier alpha value is -1.10. The third-order valence-corrected chi connectivity index (χ3v) is 4.05. The van der Waals surface area contributed by atoms with Gasteiger partial charge in [0.2, 0.25) is 12.3 Å². The molecular formula is C13H23N3O2. The fraction of sp³-hybridized carbons (Fsp3) is 0.846. The molecule has 2 rings (SSSR count). The average molecular weight is 253 g/mol. The Morgan fingerprint density at radius 1 is 1.11 bits per heavy atom. The Balaban J connectivity index is 1.73. The summed E-state index contributed by atoms with van der Waals surface area (Å²) in [7, 11) is 0. The minimum atomic E-state index is 0.251. The second-order valence-corrected chi connectivity index (χ2v) is 5.48. The van der Waals surface area contributed by atoms with E-state index in [-0.39, 0.29) is 5.91 Å². The molecule has 0 unspecified atom stereocenters. The highest BCUT2D eigenvalue weighted by Gasteiger charge is 2.23. The molecule has 18 heavy (non-hydrogen) atoms. The minimum absolute atomic E-state index is 0.251. The van der Waals surface area contributed by atoms with Gasteiger partial charge in [0.25, 0.3) is 0 Å². The molecule has 0 aliphatic carbocycles. The molecule has 0 radical (unpaired) electrons. The van der Waals surface area contributed by atoms with Crippen molar-refractivity contribution in [3.63, 3.8) is 0 Å². The van der Waals surface area contributed by atoms with E-state index >= 15 is 0 Å². The highest BCUT2D eigenvalue weighted by Crippen LogP contribution is 2.16. The van der Waals surface area contributed by atoms with E-state index < -0.39 is 0 Å². The quantitative estimate of drug-likeness (QED) is 0.666. The van der Waals surface area contributed by atoms with Crippen LogP contribution in [0.5, 0.6) is 0 Å². The van der Waals surface area contributed by atoms with Crippen molar-refractivity contribution in [3.8, 4) is 0 Å². The summed E-state index contributed by atoms with van der Waals surface area (Å²) < 4.78 is 0. The van der Waals surface area contributed by atoms with Crippen LogP contribution in [-0.4, -0.2) is 72.8 Å². The summed E-state index contributed by atoms with van der Waals surface area (Å²) in [4.78, 5) is 28.6. The van der Waals surface area contributed by atoms with Gasteiger partial charge < -0.3 is 9.80 Å². The van der Waals surface area contributed by atoms with Gasteiger partial charge in [-0.25, -0.2) is 0 Å². The first-order chi connectivity index (χ1) is 8.69. The molecule has 2 saturated heterocycles. The molecule has 0 aromatic carbocycles. The summed E-state index contributed by atoms with van der Waals surface area (Å²) in [5.41, 5.74) is 0. The van der Waals surface area contributed by atoms with E-state index in [0.717, 1.165) is 64.4 Å². The molecule has 0 saturated carbocycles. The van der Waals surface area contributed by atoms with E-state index in [1.165, 1.54) is 0 Å². The zero-order chi connectivity index (χ0) is 13.0. The van der Waals surface area contributed by atoms with Gasteiger partial charge in [0.05, 0.1) is 6.54 Å². The fourth-order valence-corrected chi connectivity index (χ4v) is 2.58. The number of hydrogen-bond donors (Lipinski definition) is 0. The molecular weight excluding hydrogens is 230 g/mol. The average Bonchev–Trinajstić information content (AvgIpc) is 2.40. The van der Waals surface area contributed by atoms with Crippen LogP contribution in [0.2, 0.25) is 0 Å². The smallest absolute Gasteiger partial charge is 0.236 e. The predicted molar refractivity (Wildman–Crippen MR) is 69.1 cm³/mol. The van der Waals surface area contributed by atoms with Gasteiger partial charge in [-0.05, 0) is 18.8 Å². The zero-order valence-electron chi connectivity index (χ0n) is 11.2. The van der Waals surface area contributed by atoms with Crippen LogP contribution < -0.4 is 0 Å². The molecule has 0 aromatic heterocycles. The van der Waals surface area contributed by atoms with Gasteiger partial charge >= 0.3 is 0 Å². The lowest BCUT2D eigenvalue weighted by Crippen LogP contribution is -2.50. The summed E-state index contributed by atoms with van der Waals surface area (Å²) >= 11 is 0. The SMILES string of the molecule is CC1CCN(C(=O)CN2CCN(C=O)CC2)CC1. The van der Waals surface area contributed by atoms with Crippen molar-refractivity contribution < 1.29 is 9.59 Å². The maximum absolute atomic E-state index is 12.1. The Kier molecular flexibility index (Phi) is 4.58. The number of hydrogen-bond acceptors (Lipinski definition) is 3. The third-order valence-electron chi connectivity index (χ3n) is 4.05. The standard InChI is InChI=1S/C13H23N3O2/c1-12-2-4-16(5-3-12)13(18)10-14-6-8-15(11-17)9-7-14/h11-12H,2-10H2,1H3. The third kappa shape index (κ3) is 3.45. The van der Waals surface area contributed by atoms with Crippen molar-refractivity contribution in [3.05, 3.63) is 0 Å². The van der Waals surface area contributed by atoms with Gasteiger partial charge in [0.15, 0.2) is 0 Å². The Morgan fingerprint density at radius 3 is 2.28 bits per heavy atom. The van der Waals surface area contributed by atoms with E-state index in [2.05, 4.69) is 11.8 Å². The van der Waals surface area contributed by atoms with Crippen molar-refractivity contribution >= 4 is 12.3 Å². The fourth-order valence-electron chi connectivity index (χ4n) is 2.58. The number of carbonyl (C=O) groups excluding carboxylic acids is 2. The van der Waals surface area contributed by atoms with Crippen molar-refractivity contribution in [2.45, 2.75) is 19.8 Å². The first-order valence-corrected chi connectivity index (χ1v) is 6.88. The summed E-state index contributed by atoms with van der Waals surface area (Å²) in [6, 6.07) is 0. The Labute approximate surface area is 109 Å². The molecule has 5 heteroatoms. The molecule has 2 heterocycles. The van der Waals surface area contributed by atoms with Gasteiger partial charge in [0.1, 0.15) is 0 Å². The van der Waals surface area contributed by atoms with Gasteiger partial charge in [-0.1, -0.05) is 6.92 Å². The van der Waals surface area contributed by atoms with Gasteiger partial charge in [0, 0.05) is 39.3 Å². The number of piperazine rings is 1. The van der Waals surface area contributed by atoms with Crippen molar-refractivity contribution in [1.29, 1.82) is 0 Å². The zero-order valence-corrected chi connectivity index (χ0v) is 11.2. The maximum atomic E-state index is 12.1. The highest BCUT2D eigenvalue weighted by atomic mass is 16.2. The van der Waals surface area contributed by atoms with Crippen molar-refractivity contribution in [2.24, 2.45) is 5.92 Å².